The summed E-state index contributed by atoms with van der Waals surface area (Å²) in [5.74, 6) is 0.722. The molecule has 3 N–H and O–H groups in total. The van der Waals surface area contributed by atoms with Crippen molar-refractivity contribution in [3.8, 4) is 11.3 Å². The van der Waals surface area contributed by atoms with Gasteiger partial charge >= 0.3 is 0 Å². The number of aromatic nitrogens is 1. The van der Waals surface area contributed by atoms with Crippen LogP contribution in [0.25, 0.3) is 22.0 Å². The maximum atomic E-state index is 5.41. The number of nitrogens with two attached hydrogens (primary N) is 1. The van der Waals surface area contributed by atoms with E-state index in [1.54, 1.807) is 23.9 Å². The summed E-state index contributed by atoms with van der Waals surface area (Å²) >= 11 is 3.34. The SMILES string of the molecule is C=CN.CC=C(C)C.Cc1ccc(NSc2ccc(N3CCOCS3)cc2)cc1-c1nccc2ccccc12. The molecule has 0 amide bonds. The molecule has 0 bridgehead atoms. The van der Waals surface area contributed by atoms with Gasteiger partial charge in [0.15, 0.2) is 0 Å². The summed E-state index contributed by atoms with van der Waals surface area (Å²) in [7, 11) is 0. The number of nitrogens with one attached hydrogen (secondary N) is 1. The second kappa shape index (κ2) is 15.9. The molecule has 1 saturated heterocycles. The van der Waals surface area contributed by atoms with Crippen LogP contribution in [0.2, 0.25) is 0 Å². The molecule has 3 aromatic carbocycles. The minimum Gasteiger partial charge on any atom is -0.405 e. The van der Waals surface area contributed by atoms with Crippen LogP contribution in [-0.4, -0.2) is 24.1 Å². The van der Waals surface area contributed by atoms with E-state index in [1.807, 2.05) is 13.1 Å². The number of fused-ring (bicyclic) bond motifs is 1. The number of hydrogen-bond acceptors (Lipinski definition) is 7. The number of pyridine rings is 1. The van der Waals surface area contributed by atoms with E-state index in [4.69, 9.17) is 9.72 Å². The quantitative estimate of drug-likeness (QED) is 0.187. The number of hydrogen-bond donors (Lipinski definition) is 2. The minimum absolute atomic E-state index is 0.722. The van der Waals surface area contributed by atoms with Crippen LogP contribution < -0.4 is 14.8 Å². The summed E-state index contributed by atoms with van der Waals surface area (Å²) in [5.41, 5.74) is 11.7. The molecular formula is C32H38N4OS2. The Morgan fingerprint density at radius 2 is 1.82 bits per heavy atom. The number of ether oxygens (including phenoxy) is 1. The van der Waals surface area contributed by atoms with Crippen LogP contribution in [0.5, 0.6) is 0 Å². The second-order valence-electron chi connectivity index (χ2n) is 8.97. The predicted octanol–water partition coefficient (Wildman–Crippen LogP) is 8.83. The first-order chi connectivity index (χ1) is 19.0. The maximum absolute atomic E-state index is 5.41. The van der Waals surface area contributed by atoms with E-state index >= 15 is 0 Å². The molecule has 0 radical (unpaired) electrons. The molecule has 5 rings (SSSR count). The highest BCUT2D eigenvalue weighted by Gasteiger charge is 2.12. The van der Waals surface area contributed by atoms with Crippen molar-refractivity contribution >= 4 is 46.0 Å². The van der Waals surface area contributed by atoms with Gasteiger partial charge in [0, 0.05) is 33.4 Å². The number of anilines is 2. The van der Waals surface area contributed by atoms with Gasteiger partial charge in [-0.05, 0) is 111 Å². The van der Waals surface area contributed by atoms with Crippen molar-refractivity contribution in [3.05, 3.63) is 109 Å². The Labute approximate surface area is 241 Å². The smallest absolute Gasteiger partial charge is 0.112 e. The monoisotopic (exact) mass is 558 g/mol. The highest BCUT2D eigenvalue weighted by atomic mass is 32.2. The fraction of sp³-hybridized carbons (Fsp3) is 0.219. The first kappa shape index (κ1) is 30.2. The maximum Gasteiger partial charge on any atom is 0.112 e. The van der Waals surface area contributed by atoms with Crippen molar-refractivity contribution in [3.63, 3.8) is 0 Å². The van der Waals surface area contributed by atoms with E-state index in [-0.39, 0.29) is 0 Å². The second-order valence-corrected chi connectivity index (χ2v) is 10.8. The first-order valence-electron chi connectivity index (χ1n) is 12.8. The summed E-state index contributed by atoms with van der Waals surface area (Å²) in [5, 5.41) is 2.38. The van der Waals surface area contributed by atoms with E-state index in [9.17, 15) is 0 Å². The zero-order valence-corrected chi connectivity index (χ0v) is 24.8. The fourth-order valence-corrected chi connectivity index (χ4v) is 5.08. The van der Waals surface area contributed by atoms with Crippen molar-refractivity contribution in [2.75, 3.05) is 28.1 Å². The summed E-state index contributed by atoms with van der Waals surface area (Å²) in [6, 6.07) is 25.6. The molecule has 1 fully saturated rings. The molecule has 0 spiro atoms. The largest absolute Gasteiger partial charge is 0.405 e. The average molecular weight is 559 g/mol. The summed E-state index contributed by atoms with van der Waals surface area (Å²) < 4.78 is 11.2. The lowest BCUT2D eigenvalue weighted by Gasteiger charge is -2.27. The molecule has 204 valence electrons. The van der Waals surface area contributed by atoms with Gasteiger partial charge in [-0.15, -0.1) is 0 Å². The number of aryl methyl sites for hydroxylation is 1. The zero-order valence-electron chi connectivity index (χ0n) is 23.2. The van der Waals surface area contributed by atoms with E-state index in [0.29, 0.717) is 0 Å². The number of rotatable bonds is 5. The first-order valence-corrected chi connectivity index (χ1v) is 14.6. The third-order valence-electron chi connectivity index (χ3n) is 5.89. The van der Waals surface area contributed by atoms with Gasteiger partial charge in [-0.1, -0.05) is 48.6 Å². The van der Waals surface area contributed by atoms with Crippen molar-refractivity contribution in [1.29, 1.82) is 0 Å². The minimum atomic E-state index is 0.722. The standard InChI is InChI=1S/C25H23N3OS2.C5H10.C2H5N/c1-18-6-7-20(16-24(18)25-23-5-3-2-4-19(23)12-13-26-25)27-31-22-10-8-21(9-11-22)28-14-15-29-17-30-28;1-4-5(2)3;1-2-3/h2-13,16,27H,14-15,17H2,1H3;4H,1-3H3;2H,1,3H2. The Hall–Kier alpha value is -3.39. The molecular weight excluding hydrogens is 521 g/mol. The van der Waals surface area contributed by atoms with Gasteiger partial charge < -0.3 is 19.5 Å². The van der Waals surface area contributed by atoms with E-state index in [1.165, 1.54) is 38.7 Å². The van der Waals surface area contributed by atoms with Gasteiger partial charge in [-0.3, -0.25) is 4.98 Å². The molecule has 1 aliphatic heterocycles. The third kappa shape index (κ3) is 9.10. The van der Waals surface area contributed by atoms with Gasteiger partial charge in [-0.2, -0.15) is 0 Å². The molecule has 0 atom stereocenters. The molecule has 5 nitrogen and oxygen atoms in total. The van der Waals surface area contributed by atoms with Crippen LogP contribution in [0.15, 0.2) is 108 Å². The average Bonchev–Trinajstić information content (AvgIpc) is 2.98. The van der Waals surface area contributed by atoms with Crippen molar-refractivity contribution in [1.82, 2.24) is 4.98 Å². The molecule has 0 unspecified atom stereocenters. The van der Waals surface area contributed by atoms with Crippen LogP contribution in [-0.2, 0) is 4.74 Å². The topological polar surface area (TPSA) is 63.4 Å². The normalized spacial score (nSPS) is 12.4. The molecule has 0 aliphatic carbocycles. The summed E-state index contributed by atoms with van der Waals surface area (Å²) in [4.78, 5) is 5.87. The van der Waals surface area contributed by atoms with E-state index < -0.39 is 0 Å². The zero-order chi connectivity index (χ0) is 28.0. The molecule has 39 heavy (non-hydrogen) atoms. The molecule has 4 aromatic rings. The van der Waals surface area contributed by atoms with Gasteiger partial charge in [0.05, 0.1) is 18.8 Å². The van der Waals surface area contributed by atoms with Crippen LogP contribution in [0.3, 0.4) is 0 Å². The number of benzene rings is 3. The van der Waals surface area contributed by atoms with Gasteiger partial charge in [-0.25, -0.2) is 0 Å². The highest BCUT2D eigenvalue weighted by Crippen LogP contribution is 2.33. The number of nitrogens with zero attached hydrogens (tertiary/aromatic N) is 2. The Kier molecular flexibility index (Phi) is 12.3. The van der Waals surface area contributed by atoms with E-state index in [0.717, 1.165) is 36.0 Å². The van der Waals surface area contributed by atoms with E-state index in [2.05, 4.69) is 121 Å². The van der Waals surface area contributed by atoms with Crippen molar-refractivity contribution in [2.24, 2.45) is 5.73 Å². The Bertz CT molecular complexity index is 1360. The third-order valence-corrected chi connectivity index (χ3v) is 7.71. The Morgan fingerprint density at radius 3 is 2.49 bits per heavy atom. The van der Waals surface area contributed by atoms with Crippen LogP contribution >= 0.6 is 23.9 Å². The van der Waals surface area contributed by atoms with Crippen LogP contribution in [0.1, 0.15) is 26.3 Å². The number of allylic oxidation sites excluding steroid dienone is 2. The van der Waals surface area contributed by atoms with Gasteiger partial charge in [0.1, 0.15) is 5.94 Å². The summed E-state index contributed by atoms with van der Waals surface area (Å²) in [6.07, 6.45) is 5.22. The Morgan fingerprint density at radius 1 is 1.10 bits per heavy atom. The fourth-order valence-electron chi connectivity index (χ4n) is 3.65. The van der Waals surface area contributed by atoms with Crippen LogP contribution in [0, 0.1) is 6.92 Å². The lowest BCUT2D eigenvalue weighted by atomic mass is 10.00. The highest BCUT2D eigenvalue weighted by molar-refractivity contribution is 8.00. The lowest BCUT2D eigenvalue weighted by molar-refractivity contribution is 0.184. The van der Waals surface area contributed by atoms with Crippen molar-refractivity contribution in [2.45, 2.75) is 32.6 Å². The van der Waals surface area contributed by atoms with Crippen LogP contribution in [0.4, 0.5) is 11.4 Å². The molecule has 1 aromatic heterocycles. The predicted molar refractivity (Wildman–Crippen MR) is 173 cm³/mol. The van der Waals surface area contributed by atoms with Gasteiger partial charge in [0.2, 0.25) is 0 Å². The summed E-state index contributed by atoms with van der Waals surface area (Å²) in [6.45, 7) is 13.2. The molecule has 1 aliphatic rings. The lowest BCUT2D eigenvalue weighted by Crippen LogP contribution is -2.26. The molecule has 0 saturated carbocycles. The molecule has 2 heterocycles. The van der Waals surface area contributed by atoms with Crippen molar-refractivity contribution < 1.29 is 4.74 Å². The Balaban J connectivity index is 0.000000466. The molecule has 7 heteroatoms. The van der Waals surface area contributed by atoms with Gasteiger partial charge in [0.25, 0.3) is 0 Å².